The first-order chi connectivity index (χ1) is 21.3. The summed E-state index contributed by atoms with van der Waals surface area (Å²) in [5, 5.41) is 0. The van der Waals surface area contributed by atoms with Gasteiger partial charge in [0, 0.05) is 22.9 Å². The fourth-order valence-electron chi connectivity index (χ4n) is 6.79. The third kappa shape index (κ3) is 5.78. The highest BCUT2D eigenvalue weighted by molar-refractivity contribution is 5.75. The summed E-state index contributed by atoms with van der Waals surface area (Å²) in [7, 11) is 0. The van der Waals surface area contributed by atoms with E-state index in [0.717, 1.165) is 28.5 Å². The summed E-state index contributed by atoms with van der Waals surface area (Å²) >= 11 is 0. The molecular formula is C41H39N3. The van der Waals surface area contributed by atoms with Crippen LogP contribution in [-0.4, -0.2) is 9.97 Å². The summed E-state index contributed by atoms with van der Waals surface area (Å²) in [5.74, 6) is 0.897. The number of hydrogen-bond donors (Lipinski definition) is 0. The van der Waals surface area contributed by atoms with Crippen molar-refractivity contribution < 1.29 is 0 Å². The van der Waals surface area contributed by atoms with Crippen molar-refractivity contribution in [3.05, 3.63) is 172 Å². The lowest BCUT2D eigenvalue weighted by molar-refractivity contribution is 0.919. The van der Waals surface area contributed by atoms with E-state index in [-0.39, 0.29) is 5.92 Å². The second kappa shape index (κ2) is 12.3. The van der Waals surface area contributed by atoms with Crippen molar-refractivity contribution in [2.24, 2.45) is 0 Å². The molecule has 1 aromatic heterocycles. The first-order valence-electron chi connectivity index (χ1n) is 15.3. The van der Waals surface area contributed by atoms with Crippen LogP contribution in [0.3, 0.4) is 0 Å². The van der Waals surface area contributed by atoms with Gasteiger partial charge in [-0.1, -0.05) is 96.1 Å². The summed E-state index contributed by atoms with van der Waals surface area (Å²) in [6.07, 6.45) is 3.67. The zero-order valence-electron chi connectivity index (χ0n) is 26.5. The molecule has 5 aromatic carbocycles. The Morgan fingerprint density at radius 3 is 1.52 bits per heavy atom. The monoisotopic (exact) mass is 573 g/mol. The van der Waals surface area contributed by atoms with Crippen molar-refractivity contribution in [2.75, 3.05) is 4.90 Å². The van der Waals surface area contributed by atoms with E-state index in [9.17, 15) is 0 Å². The molecule has 1 heterocycles. The summed E-state index contributed by atoms with van der Waals surface area (Å²) < 4.78 is 0. The molecule has 0 saturated carbocycles. The average Bonchev–Trinajstić information content (AvgIpc) is 3.01. The number of benzene rings is 5. The van der Waals surface area contributed by atoms with Gasteiger partial charge in [0.15, 0.2) is 5.82 Å². The fourth-order valence-corrected chi connectivity index (χ4v) is 6.79. The summed E-state index contributed by atoms with van der Waals surface area (Å²) in [6, 6.07) is 38.9. The van der Waals surface area contributed by atoms with Gasteiger partial charge in [-0.15, -0.1) is 0 Å². The van der Waals surface area contributed by atoms with Crippen LogP contribution >= 0.6 is 0 Å². The molecule has 6 rings (SSSR count). The third-order valence-electron chi connectivity index (χ3n) is 8.47. The minimum absolute atomic E-state index is 0.122. The molecule has 6 aromatic rings. The van der Waals surface area contributed by atoms with Crippen molar-refractivity contribution in [3.63, 3.8) is 0 Å². The Balaban J connectivity index is 1.49. The SMILES string of the molecule is Cc1cc(C)c(C(c2ccc(N(c3ccccc3)c3cncc(-c4ccccc4)n3)cc2)c2c(C)cc(C)cc2C)c(C)c1. The lowest BCUT2D eigenvalue weighted by Gasteiger charge is -2.28. The van der Waals surface area contributed by atoms with Crippen LogP contribution in [0.4, 0.5) is 17.2 Å². The smallest absolute Gasteiger partial charge is 0.156 e. The number of anilines is 3. The average molecular weight is 574 g/mol. The second-order valence-corrected chi connectivity index (χ2v) is 11.9. The first kappa shape index (κ1) is 29.1. The first-order valence-corrected chi connectivity index (χ1v) is 15.3. The van der Waals surface area contributed by atoms with Gasteiger partial charge in [-0.2, -0.15) is 0 Å². The van der Waals surface area contributed by atoms with Crippen LogP contribution in [0.5, 0.6) is 0 Å². The van der Waals surface area contributed by atoms with E-state index in [4.69, 9.17) is 4.98 Å². The van der Waals surface area contributed by atoms with Gasteiger partial charge >= 0.3 is 0 Å². The summed E-state index contributed by atoms with van der Waals surface area (Å²) in [4.78, 5) is 11.9. The molecule has 3 nitrogen and oxygen atoms in total. The predicted molar refractivity (Wildman–Crippen MR) is 184 cm³/mol. The fraction of sp³-hybridized carbons (Fsp3) is 0.171. The Kier molecular flexibility index (Phi) is 8.13. The van der Waals surface area contributed by atoms with E-state index < -0.39 is 0 Å². The van der Waals surface area contributed by atoms with Crippen LogP contribution in [-0.2, 0) is 0 Å². The van der Waals surface area contributed by atoms with Gasteiger partial charge in [-0.25, -0.2) is 4.98 Å². The molecule has 218 valence electrons. The zero-order chi connectivity index (χ0) is 30.8. The minimum atomic E-state index is 0.122. The van der Waals surface area contributed by atoms with E-state index >= 15 is 0 Å². The highest BCUT2D eigenvalue weighted by Gasteiger charge is 2.25. The van der Waals surface area contributed by atoms with Crippen molar-refractivity contribution >= 4 is 17.2 Å². The zero-order valence-corrected chi connectivity index (χ0v) is 26.5. The van der Waals surface area contributed by atoms with Gasteiger partial charge in [0.2, 0.25) is 0 Å². The topological polar surface area (TPSA) is 29.0 Å². The van der Waals surface area contributed by atoms with E-state index in [1.54, 1.807) is 0 Å². The molecule has 0 bridgehead atoms. The van der Waals surface area contributed by atoms with Crippen molar-refractivity contribution in [1.29, 1.82) is 0 Å². The summed E-state index contributed by atoms with van der Waals surface area (Å²) in [5.41, 5.74) is 15.9. The van der Waals surface area contributed by atoms with E-state index in [1.165, 1.54) is 50.1 Å². The molecule has 0 atom stereocenters. The van der Waals surface area contributed by atoms with Crippen LogP contribution in [0.25, 0.3) is 11.3 Å². The molecule has 0 aliphatic carbocycles. The number of aromatic nitrogens is 2. The normalized spacial score (nSPS) is 11.2. The molecule has 0 aliphatic rings. The molecule has 0 fully saturated rings. The van der Waals surface area contributed by atoms with Crippen molar-refractivity contribution in [1.82, 2.24) is 9.97 Å². The minimum Gasteiger partial charge on any atom is -0.294 e. The van der Waals surface area contributed by atoms with Crippen molar-refractivity contribution in [2.45, 2.75) is 47.5 Å². The second-order valence-electron chi connectivity index (χ2n) is 11.9. The highest BCUT2D eigenvalue weighted by atomic mass is 15.2. The number of para-hydroxylation sites is 1. The van der Waals surface area contributed by atoms with Gasteiger partial charge < -0.3 is 0 Å². The molecule has 0 aliphatic heterocycles. The summed E-state index contributed by atoms with van der Waals surface area (Å²) in [6.45, 7) is 13.4. The Hall–Kier alpha value is -5.02. The molecule has 3 heteroatoms. The molecule has 0 spiro atoms. The maximum Gasteiger partial charge on any atom is 0.156 e. The van der Waals surface area contributed by atoms with Crippen molar-refractivity contribution in [3.8, 4) is 11.3 Å². The molecular weight excluding hydrogens is 534 g/mol. The van der Waals surface area contributed by atoms with Gasteiger partial charge in [0.05, 0.1) is 18.1 Å². The van der Waals surface area contributed by atoms with E-state index in [0.29, 0.717) is 0 Å². The molecule has 0 radical (unpaired) electrons. The number of aryl methyl sites for hydroxylation is 6. The van der Waals surface area contributed by atoms with E-state index in [1.807, 2.05) is 36.7 Å². The molecule has 0 amide bonds. The Morgan fingerprint density at radius 1 is 0.523 bits per heavy atom. The number of rotatable bonds is 7. The van der Waals surface area contributed by atoms with Gasteiger partial charge in [-0.05, 0) is 105 Å². The lowest BCUT2D eigenvalue weighted by atomic mass is 9.77. The third-order valence-corrected chi connectivity index (χ3v) is 8.47. The lowest BCUT2D eigenvalue weighted by Crippen LogP contribution is -2.14. The van der Waals surface area contributed by atoms with Gasteiger partial charge in [0.1, 0.15) is 0 Å². The maximum atomic E-state index is 5.08. The highest BCUT2D eigenvalue weighted by Crippen LogP contribution is 2.41. The van der Waals surface area contributed by atoms with E-state index in [2.05, 4.69) is 136 Å². The molecule has 0 saturated heterocycles. The Labute approximate surface area is 261 Å². The predicted octanol–water partition coefficient (Wildman–Crippen LogP) is 10.6. The van der Waals surface area contributed by atoms with Gasteiger partial charge in [-0.3, -0.25) is 9.88 Å². The largest absolute Gasteiger partial charge is 0.294 e. The Morgan fingerprint density at radius 2 is 1.00 bits per heavy atom. The van der Waals surface area contributed by atoms with Gasteiger partial charge in [0.25, 0.3) is 0 Å². The van der Waals surface area contributed by atoms with Crippen LogP contribution in [0.2, 0.25) is 0 Å². The maximum absolute atomic E-state index is 5.08. The molecule has 0 N–H and O–H groups in total. The van der Waals surface area contributed by atoms with Crippen LogP contribution in [0.15, 0.2) is 122 Å². The number of nitrogens with zero attached hydrogens (tertiary/aromatic N) is 3. The van der Waals surface area contributed by atoms with Crippen LogP contribution in [0, 0.1) is 41.5 Å². The quantitative estimate of drug-likeness (QED) is 0.178. The van der Waals surface area contributed by atoms with Crippen LogP contribution < -0.4 is 4.90 Å². The standard InChI is InChI=1S/C41H39N3/c1-27-21-29(3)39(30(4)22-27)41(40-31(5)23-28(2)24-32(40)6)34-17-19-36(20-18-34)44(35-15-11-8-12-16-35)38-26-42-25-37(43-38)33-13-9-7-10-14-33/h7-26,41H,1-6H3. The van der Waals surface area contributed by atoms with Crippen LogP contribution in [0.1, 0.15) is 56.0 Å². The number of hydrogen-bond acceptors (Lipinski definition) is 3. The molecule has 0 unspecified atom stereocenters. The Bertz CT molecular complexity index is 1800. The molecule has 44 heavy (non-hydrogen) atoms.